The summed E-state index contributed by atoms with van der Waals surface area (Å²) in [4.78, 5) is 11.9. The number of carbonyl (C=O) groups excluding carboxylic acids is 1. The minimum atomic E-state index is -0.727. The first-order chi connectivity index (χ1) is 8.51. The number of ketones is 1. The van der Waals surface area contributed by atoms with Gasteiger partial charge in [0.1, 0.15) is 17.7 Å². The van der Waals surface area contributed by atoms with E-state index in [0.29, 0.717) is 13.0 Å². The van der Waals surface area contributed by atoms with Crippen LogP contribution < -0.4 is 0 Å². The summed E-state index contributed by atoms with van der Waals surface area (Å²) < 4.78 is 32.6. The van der Waals surface area contributed by atoms with Crippen LogP contribution in [0.15, 0.2) is 16.6 Å². The number of Topliss-reactive ketones (excluding diaryl/α,β-unsaturated/α-hetero) is 1. The molecule has 0 saturated carbocycles. The zero-order valence-corrected chi connectivity index (χ0v) is 11.9. The van der Waals surface area contributed by atoms with E-state index in [-0.39, 0.29) is 22.2 Å². The molecule has 5 heteroatoms. The van der Waals surface area contributed by atoms with E-state index in [1.807, 2.05) is 0 Å². The summed E-state index contributed by atoms with van der Waals surface area (Å²) in [5.74, 6) is -1.75. The number of halogens is 3. The first-order valence-corrected chi connectivity index (χ1v) is 6.57. The lowest BCUT2D eigenvalue weighted by Crippen LogP contribution is -2.26. The third kappa shape index (κ3) is 3.59. The van der Waals surface area contributed by atoms with Gasteiger partial charge in [-0.1, -0.05) is 6.92 Å². The second-order valence-electron chi connectivity index (χ2n) is 3.82. The maximum atomic E-state index is 13.7. The summed E-state index contributed by atoms with van der Waals surface area (Å²) >= 11 is 2.97. The Kier molecular flexibility index (Phi) is 5.88. The molecule has 0 heterocycles. The van der Waals surface area contributed by atoms with Crippen molar-refractivity contribution in [3.63, 3.8) is 0 Å². The zero-order valence-electron chi connectivity index (χ0n) is 10.3. The first-order valence-electron chi connectivity index (χ1n) is 5.77. The van der Waals surface area contributed by atoms with Gasteiger partial charge in [0.2, 0.25) is 0 Å². The van der Waals surface area contributed by atoms with Crippen LogP contribution in [0.3, 0.4) is 0 Å². The molecule has 0 aliphatic heterocycles. The van der Waals surface area contributed by atoms with Crippen molar-refractivity contribution < 1.29 is 18.3 Å². The van der Waals surface area contributed by atoms with Crippen molar-refractivity contribution in [2.75, 3.05) is 6.61 Å². The van der Waals surface area contributed by atoms with Gasteiger partial charge in [0.05, 0.1) is 4.47 Å². The number of ether oxygens (including phenoxy) is 1. The Labute approximate surface area is 113 Å². The van der Waals surface area contributed by atoms with Crippen LogP contribution in [-0.4, -0.2) is 18.5 Å². The molecule has 0 aromatic heterocycles. The number of rotatable bonds is 6. The van der Waals surface area contributed by atoms with Gasteiger partial charge in [0.15, 0.2) is 5.78 Å². The maximum Gasteiger partial charge on any atom is 0.166 e. The maximum absolute atomic E-state index is 13.7. The molecule has 0 bridgehead atoms. The largest absolute Gasteiger partial charge is 0.371 e. The Morgan fingerprint density at radius 1 is 1.39 bits per heavy atom. The van der Waals surface area contributed by atoms with Gasteiger partial charge in [-0.25, -0.2) is 8.78 Å². The number of benzene rings is 1. The Hall–Kier alpha value is -0.810. The van der Waals surface area contributed by atoms with E-state index in [0.717, 1.165) is 6.07 Å². The first kappa shape index (κ1) is 15.2. The summed E-state index contributed by atoms with van der Waals surface area (Å²) in [5, 5.41) is 0. The van der Waals surface area contributed by atoms with E-state index in [1.54, 1.807) is 13.8 Å². The van der Waals surface area contributed by atoms with E-state index >= 15 is 0 Å². The van der Waals surface area contributed by atoms with Gasteiger partial charge in [0, 0.05) is 18.6 Å². The summed E-state index contributed by atoms with van der Waals surface area (Å²) in [5.41, 5.74) is -0.215. The molecule has 1 unspecified atom stereocenters. The molecule has 0 aliphatic carbocycles. The van der Waals surface area contributed by atoms with Crippen molar-refractivity contribution >= 4 is 21.7 Å². The fourth-order valence-corrected chi connectivity index (χ4v) is 2.03. The summed E-state index contributed by atoms with van der Waals surface area (Å²) in [6.45, 7) is 3.97. The average Bonchev–Trinajstić information content (AvgIpc) is 2.36. The molecule has 1 atom stereocenters. The highest BCUT2D eigenvalue weighted by molar-refractivity contribution is 9.10. The molecule has 0 N–H and O–H groups in total. The van der Waals surface area contributed by atoms with Gasteiger partial charge < -0.3 is 4.74 Å². The third-order valence-corrected chi connectivity index (χ3v) is 3.20. The second kappa shape index (κ2) is 6.95. The summed E-state index contributed by atoms with van der Waals surface area (Å²) in [7, 11) is 0. The molecule has 0 spiro atoms. The van der Waals surface area contributed by atoms with Gasteiger partial charge in [-0.05, 0) is 41.4 Å². The van der Waals surface area contributed by atoms with Gasteiger partial charge in [-0.15, -0.1) is 0 Å². The monoisotopic (exact) mass is 320 g/mol. The van der Waals surface area contributed by atoms with Crippen LogP contribution in [0.2, 0.25) is 0 Å². The highest BCUT2D eigenvalue weighted by Crippen LogP contribution is 2.22. The third-order valence-electron chi connectivity index (χ3n) is 2.59. The van der Waals surface area contributed by atoms with Crippen LogP contribution in [0.4, 0.5) is 8.78 Å². The molecule has 2 nitrogen and oxygen atoms in total. The summed E-state index contributed by atoms with van der Waals surface area (Å²) in [6.07, 6.45) is -0.410. The summed E-state index contributed by atoms with van der Waals surface area (Å²) in [6, 6.07) is 2.41. The van der Waals surface area contributed by atoms with Gasteiger partial charge >= 0.3 is 0 Å². The minimum Gasteiger partial charge on any atom is -0.371 e. The number of hydrogen-bond acceptors (Lipinski definition) is 2. The van der Waals surface area contributed by atoms with Crippen molar-refractivity contribution in [3.8, 4) is 0 Å². The molecule has 1 rings (SSSR count). The van der Waals surface area contributed by atoms with E-state index < -0.39 is 17.7 Å². The van der Waals surface area contributed by atoms with Gasteiger partial charge in [-0.2, -0.15) is 0 Å². The average molecular weight is 321 g/mol. The number of hydrogen-bond donors (Lipinski definition) is 0. The lowest BCUT2D eigenvalue weighted by atomic mass is 10.0. The zero-order chi connectivity index (χ0) is 13.7. The van der Waals surface area contributed by atoms with Crippen LogP contribution in [0.25, 0.3) is 0 Å². The van der Waals surface area contributed by atoms with E-state index in [1.165, 1.54) is 6.07 Å². The topological polar surface area (TPSA) is 26.3 Å². The van der Waals surface area contributed by atoms with Crippen LogP contribution >= 0.6 is 15.9 Å². The van der Waals surface area contributed by atoms with E-state index in [4.69, 9.17) is 4.74 Å². The normalized spacial score (nSPS) is 12.5. The quantitative estimate of drug-likeness (QED) is 0.748. The van der Waals surface area contributed by atoms with Crippen molar-refractivity contribution in [3.05, 3.63) is 33.8 Å². The molecular formula is C13H15BrF2O2. The molecule has 1 aromatic carbocycles. The lowest BCUT2D eigenvalue weighted by Gasteiger charge is -2.14. The lowest BCUT2D eigenvalue weighted by molar-refractivity contribution is -0.129. The Morgan fingerprint density at radius 3 is 2.61 bits per heavy atom. The SMILES string of the molecule is CCOC(CC)C(=O)Cc1c(F)ccc(Br)c1F. The molecule has 100 valence electrons. The smallest absolute Gasteiger partial charge is 0.166 e. The molecule has 0 radical (unpaired) electrons. The van der Waals surface area contributed by atoms with Crippen LogP contribution in [0.1, 0.15) is 25.8 Å². The van der Waals surface area contributed by atoms with E-state index in [9.17, 15) is 13.6 Å². The fourth-order valence-electron chi connectivity index (χ4n) is 1.66. The Morgan fingerprint density at radius 2 is 2.06 bits per heavy atom. The number of carbonyl (C=O) groups is 1. The molecule has 1 aromatic rings. The van der Waals surface area contributed by atoms with Crippen LogP contribution in [-0.2, 0) is 16.0 Å². The van der Waals surface area contributed by atoms with Gasteiger partial charge in [-0.3, -0.25) is 4.79 Å². The van der Waals surface area contributed by atoms with Crippen molar-refractivity contribution in [1.29, 1.82) is 0 Å². The molecular weight excluding hydrogens is 306 g/mol. The molecule has 0 amide bonds. The van der Waals surface area contributed by atoms with E-state index in [2.05, 4.69) is 15.9 Å². The van der Waals surface area contributed by atoms with Crippen LogP contribution in [0.5, 0.6) is 0 Å². The standard InChI is InChI=1S/C13H15BrF2O2/c1-3-12(18-4-2)11(17)7-8-10(15)6-5-9(14)13(8)16/h5-6,12H,3-4,7H2,1-2H3. The Bertz CT molecular complexity index is 435. The minimum absolute atomic E-state index is 0.149. The van der Waals surface area contributed by atoms with Crippen LogP contribution in [0, 0.1) is 11.6 Å². The highest BCUT2D eigenvalue weighted by Gasteiger charge is 2.21. The van der Waals surface area contributed by atoms with Crippen molar-refractivity contribution in [1.82, 2.24) is 0 Å². The molecule has 0 aliphatic rings. The predicted molar refractivity (Wildman–Crippen MR) is 68.5 cm³/mol. The van der Waals surface area contributed by atoms with Crippen molar-refractivity contribution in [2.45, 2.75) is 32.8 Å². The highest BCUT2D eigenvalue weighted by atomic mass is 79.9. The molecule has 0 fully saturated rings. The van der Waals surface area contributed by atoms with Gasteiger partial charge in [0.25, 0.3) is 0 Å². The molecule has 18 heavy (non-hydrogen) atoms. The second-order valence-corrected chi connectivity index (χ2v) is 4.67. The predicted octanol–water partition coefficient (Wildman–Crippen LogP) is 3.65. The Balaban J connectivity index is 2.90. The molecule has 0 saturated heterocycles. The van der Waals surface area contributed by atoms with Crippen molar-refractivity contribution in [2.24, 2.45) is 0 Å². The fraction of sp³-hybridized carbons (Fsp3) is 0.462.